The van der Waals surface area contributed by atoms with E-state index in [9.17, 15) is 9.90 Å². The van der Waals surface area contributed by atoms with Gasteiger partial charge < -0.3 is 16.2 Å². The Morgan fingerprint density at radius 2 is 1.95 bits per heavy atom. The lowest BCUT2D eigenvalue weighted by Gasteiger charge is -2.16. The highest BCUT2D eigenvalue weighted by Gasteiger charge is 2.14. The van der Waals surface area contributed by atoms with E-state index in [4.69, 9.17) is 5.73 Å². The number of aliphatic hydroxyl groups is 1. The highest BCUT2D eigenvalue weighted by molar-refractivity contribution is 9.10. The zero-order chi connectivity index (χ0) is 15.2. The first-order chi connectivity index (χ1) is 10.1. The fourth-order valence-corrected chi connectivity index (χ4v) is 2.38. The number of nitrogen functional groups attached to an aromatic ring is 1. The summed E-state index contributed by atoms with van der Waals surface area (Å²) in [4.78, 5) is 12.2. The molecule has 110 valence electrons. The van der Waals surface area contributed by atoms with Gasteiger partial charge in [0.2, 0.25) is 0 Å². The number of amides is 1. The van der Waals surface area contributed by atoms with E-state index in [1.54, 1.807) is 18.2 Å². The summed E-state index contributed by atoms with van der Waals surface area (Å²) in [5.74, 6) is -0.231. The summed E-state index contributed by atoms with van der Waals surface area (Å²) in [5, 5.41) is 12.3. The van der Waals surface area contributed by atoms with E-state index in [0.29, 0.717) is 22.1 Å². The minimum absolute atomic E-state index is 0.114. The highest BCUT2D eigenvalue weighted by atomic mass is 79.9. The molecule has 2 aromatic rings. The maximum atomic E-state index is 12.2. The molecule has 0 radical (unpaired) electrons. The zero-order valence-corrected chi connectivity index (χ0v) is 13.0. The van der Waals surface area contributed by atoms with E-state index in [-0.39, 0.29) is 18.6 Å². The molecule has 4 nitrogen and oxygen atoms in total. The molecule has 0 saturated heterocycles. The molecule has 21 heavy (non-hydrogen) atoms. The molecule has 0 saturated carbocycles. The number of nitrogens with two attached hydrogens (primary N) is 1. The van der Waals surface area contributed by atoms with Gasteiger partial charge in [-0.2, -0.15) is 0 Å². The highest BCUT2D eigenvalue weighted by Crippen LogP contribution is 2.20. The molecular formula is C16H17BrN2O2. The van der Waals surface area contributed by atoms with Crippen LogP contribution in [0.1, 0.15) is 15.9 Å². The number of nitrogens with one attached hydrogen (secondary N) is 1. The lowest BCUT2D eigenvalue weighted by molar-refractivity contribution is 0.0916. The molecule has 4 N–H and O–H groups in total. The van der Waals surface area contributed by atoms with Gasteiger partial charge in [0.25, 0.3) is 5.91 Å². The normalized spacial score (nSPS) is 11.9. The molecule has 0 aliphatic carbocycles. The Labute approximate surface area is 132 Å². The van der Waals surface area contributed by atoms with Crippen LogP contribution in [0.5, 0.6) is 0 Å². The number of carbonyl (C=O) groups excluding carboxylic acids is 1. The van der Waals surface area contributed by atoms with Gasteiger partial charge in [-0.25, -0.2) is 0 Å². The number of carbonyl (C=O) groups is 1. The number of rotatable bonds is 5. The SMILES string of the molecule is Nc1ccc(C(=O)N[C@@H](CO)Cc2ccccc2)cc1Br. The van der Waals surface area contributed by atoms with Crippen LogP contribution in [0.2, 0.25) is 0 Å². The standard InChI is InChI=1S/C16H17BrN2O2/c17-14-9-12(6-7-15(14)18)16(21)19-13(10-20)8-11-4-2-1-3-5-11/h1-7,9,13,20H,8,10,18H2,(H,19,21)/t13-/m1/s1. The molecule has 1 atom stereocenters. The maximum absolute atomic E-state index is 12.2. The van der Waals surface area contributed by atoms with Gasteiger partial charge in [0.15, 0.2) is 0 Å². The summed E-state index contributed by atoms with van der Waals surface area (Å²) in [5.41, 5.74) is 7.85. The van der Waals surface area contributed by atoms with Crippen molar-refractivity contribution in [1.29, 1.82) is 0 Å². The Kier molecular flexibility index (Phi) is 5.36. The molecule has 1 amide bonds. The molecule has 0 heterocycles. The van der Waals surface area contributed by atoms with Crippen molar-refractivity contribution in [2.24, 2.45) is 0 Å². The second-order valence-corrected chi connectivity index (χ2v) is 5.63. The van der Waals surface area contributed by atoms with Crippen molar-refractivity contribution >= 4 is 27.5 Å². The lowest BCUT2D eigenvalue weighted by Crippen LogP contribution is -2.39. The minimum Gasteiger partial charge on any atom is -0.398 e. The van der Waals surface area contributed by atoms with Crippen LogP contribution in [-0.2, 0) is 6.42 Å². The third-order valence-electron chi connectivity index (χ3n) is 3.14. The van der Waals surface area contributed by atoms with E-state index in [1.807, 2.05) is 30.3 Å². The van der Waals surface area contributed by atoms with Crippen LogP contribution in [0, 0.1) is 0 Å². The van der Waals surface area contributed by atoms with Crippen molar-refractivity contribution in [2.45, 2.75) is 12.5 Å². The quantitative estimate of drug-likeness (QED) is 0.726. The molecule has 0 aliphatic rings. The first-order valence-corrected chi connectivity index (χ1v) is 7.40. The van der Waals surface area contributed by atoms with Gasteiger partial charge in [-0.15, -0.1) is 0 Å². The Balaban J connectivity index is 2.04. The Morgan fingerprint density at radius 3 is 2.57 bits per heavy atom. The second kappa shape index (κ2) is 7.24. The average molecular weight is 349 g/mol. The minimum atomic E-state index is -0.323. The van der Waals surface area contributed by atoms with Gasteiger partial charge in [-0.1, -0.05) is 30.3 Å². The first-order valence-electron chi connectivity index (χ1n) is 6.61. The van der Waals surface area contributed by atoms with Gasteiger partial charge in [0.05, 0.1) is 12.6 Å². The molecule has 0 bridgehead atoms. The third-order valence-corrected chi connectivity index (χ3v) is 3.83. The number of anilines is 1. The molecule has 0 spiro atoms. The van der Waals surface area contributed by atoms with Crippen molar-refractivity contribution in [3.05, 3.63) is 64.1 Å². The summed E-state index contributed by atoms with van der Waals surface area (Å²) in [6.07, 6.45) is 0.583. The van der Waals surface area contributed by atoms with Gasteiger partial charge in [-0.05, 0) is 46.1 Å². The monoisotopic (exact) mass is 348 g/mol. The van der Waals surface area contributed by atoms with Crippen LogP contribution in [-0.4, -0.2) is 23.7 Å². The first kappa shape index (κ1) is 15.5. The number of aliphatic hydroxyl groups excluding tert-OH is 1. The molecule has 0 fully saturated rings. The summed E-state index contributed by atoms with van der Waals surface area (Å²) in [7, 11) is 0. The van der Waals surface area contributed by atoms with Crippen LogP contribution in [0.4, 0.5) is 5.69 Å². The second-order valence-electron chi connectivity index (χ2n) is 4.78. The molecule has 2 rings (SSSR count). The number of halogens is 1. The summed E-state index contributed by atoms with van der Waals surface area (Å²) < 4.78 is 0.679. The maximum Gasteiger partial charge on any atom is 0.251 e. The van der Waals surface area contributed by atoms with E-state index >= 15 is 0 Å². The van der Waals surface area contributed by atoms with Crippen LogP contribution in [0.25, 0.3) is 0 Å². The van der Waals surface area contributed by atoms with Gasteiger partial charge in [-0.3, -0.25) is 4.79 Å². The largest absolute Gasteiger partial charge is 0.398 e. The molecule has 0 aliphatic heterocycles. The third kappa shape index (κ3) is 4.31. The van der Waals surface area contributed by atoms with E-state index < -0.39 is 0 Å². The van der Waals surface area contributed by atoms with Crippen LogP contribution >= 0.6 is 15.9 Å². The number of benzene rings is 2. The van der Waals surface area contributed by atoms with Crippen LogP contribution in [0.3, 0.4) is 0 Å². The number of hydrogen-bond acceptors (Lipinski definition) is 3. The van der Waals surface area contributed by atoms with Crippen molar-refractivity contribution in [1.82, 2.24) is 5.32 Å². The van der Waals surface area contributed by atoms with E-state index in [1.165, 1.54) is 0 Å². The fourth-order valence-electron chi connectivity index (χ4n) is 2.00. The van der Waals surface area contributed by atoms with Crippen LogP contribution < -0.4 is 11.1 Å². The Hall–Kier alpha value is -1.85. The number of hydrogen-bond donors (Lipinski definition) is 3. The molecule has 2 aromatic carbocycles. The molecule has 0 unspecified atom stereocenters. The van der Waals surface area contributed by atoms with Gasteiger partial charge >= 0.3 is 0 Å². The van der Waals surface area contributed by atoms with Crippen molar-refractivity contribution in [2.75, 3.05) is 12.3 Å². The molecule has 5 heteroatoms. The van der Waals surface area contributed by atoms with Crippen molar-refractivity contribution in [3.8, 4) is 0 Å². The fraction of sp³-hybridized carbons (Fsp3) is 0.188. The molecule has 0 aromatic heterocycles. The van der Waals surface area contributed by atoms with Crippen LogP contribution in [0.15, 0.2) is 53.0 Å². The predicted molar refractivity (Wildman–Crippen MR) is 87.0 cm³/mol. The molecular weight excluding hydrogens is 332 g/mol. The summed E-state index contributed by atoms with van der Waals surface area (Å²) in [6.45, 7) is -0.114. The Morgan fingerprint density at radius 1 is 1.24 bits per heavy atom. The van der Waals surface area contributed by atoms with E-state index in [0.717, 1.165) is 5.56 Å². The lowest BCUT2D eigenvalue weighted by atomic mass is 10.1. The average Bonchev–Trinajstić information content (AvgIpc) is 2.50. The smallest absolute Gasteiger partial charge is 0.251 e. The van der Waals surface area contributed by atoms with Crippen molar-refractivity contribution in [3.63, 3.8) is 0 Å². The van der Waals surface area contributed by atoms with Crippen molar-refractivity contribution < 1.29 is 9.90 Å². The van der Waals surface area contributed by atoms with Gasteiger partial charge in [0, 0.05) is 15.7 Å². The summed E-state index contributed by atoms with van der Waals surface area (Å²) in [6, 6.07) is 14.4. The zero-order valence-electron chi connectivity index (χ0n) is 11.4. The van der Waals surface area contributed by atoms with E-state index in [2.05, 4.69) is 21.2 Å². The Bertz CT molecular complexity index is 617. The van der Waals surface area contributed by atoms with Gasteiger partial charge in [0.1, 0.15) is 0 Å². The topological polar surface area (TPSA) is 75.4 Å². The summed E-state index contributed by atoms with van der Waals surface area (Å²) >= 11 is 3.30. The predicted octanol–water partition coefficient (Wildman–Crippen LogP) is 2.36.